The van der Waals surface area contributed by atoms with E-state index in [1.54, 1.807) is 19.0 Å². The predicted octanol–water partition coefficient (Wildman–Crippen LogP) is 1.06. The highest BCUT2D eigenvalue weighted by Crippen LogP contribution is 2.30. The Bertz CT molecular complexity index is 506. The first-order valence-corrected chi connectivity index (χ1v) is 7.48. The van der Waals surface area contributed by atoms with E-state index in [1.807, 2.05) is 12.1 Å². The lowest BCUT2D eigenvalue weighted by Gasteiger charge is -2.38. The van der Waals surface area contributed by atoms with Crippen LogP contribution in [0.1, 0.15) is 29.0 Å². The second-order valence-corrected chi connectivity index (χ2v) is 6.02. The molecule has 1 aromatic rings. The van der Waals surface area contributed by atoms with E-state index in [0.717, 1.165) is 38.2 Å². The summed E-state index contributed by atoms with van der Waals surface area (Å²) in [6.07, 6.45) is 2.04. The predicted molar refractivity (Wildman–Crippen MR) is 78.0 cm³/mol. The summed E-state index contributed by atoms with van der Waals surface area (Å²) in [4.78, 5) is 19.0. The molecule has 2 fully saturated rings. The molecule has 1 amide bonds. The van der Waals surface area contributed by atoms with Gasteiger partial charge in [0.2, 0.25) is 0 Å². The Hall–Kier alpha value is -1.37. The third-order valence-electron chi connectivity index (χ3n) is 4.09. The molecule has 0 unspecified atom stereocenters. The minimum absolute atomic E-state index is 0.00109. The molecule has 1 spiro atoms. The van der Waals surface area contributed by atoms with Crippen molar-refractivity contribution in [2.75, 3.05) is 40.4 Å². The van der Waals surface area contributed by atoms with Crippen LogP contribution in [0.3, 0.4) is 0 Å². The van der Waals surface area contributed by atoms with Gasteiger partial charge in [0.05, 0.1) is 19.8 Å². The van der Waals surface area contributed by atoms with Gasteiger partial charge in [0.1, 0.15) is 5.69 Å². The number of nitrogens with zero attached hydrogens (tertiary/aromatic N) is 2. The van der Waals surface area contributed by atoms with Crippen LogP contribution in [0.5, 0.6) is 0 Å². The van der Waals surface area contributed by atoms with Gasteiger partial charge in [0.15, 0.2) is 5.79 Å². The number of hydrogen-bond donors (Lipinski definition) is 1. The highest BCUT2D eigenvalue weighted by Gasteiger charge is 2.40. The molecule has 1 aromatic heterocycles. The number of amides is 1. The number of carbonyl (C=O) groups excluding carboxylic acids is 1. The molecule has 0 atom stereocenters. The van der Waals surface area contributed by atoms with Gasteiger partial charge in [0.25, 0.3) is 5.91 Å². The van der Waals surface area contributed by atoms with Crippen LogP contribution in [-0.2, 0) is 16.0 Å². The van der Waals surface area contributed by atoms with Gasteiger partial charge < -0.3 is 19.4 Å². The van der Waals surface area contributed by atoms with Crippen molar-refractivity contribution in [3.8, 4) is 0 Å². The molecule has 0 aliphatic carbocycles. The van der Waals surface area contributed by atoms with Crippen molar-refractivity contribution in [3.63, 3.8) is 0 Å². The van der Waals surface area contributed by atoms with Gasteiger partial charge >= 0.3 is 0 Å². The van der Waals surface area contributed by atoms with E-state index in [4.69, 9.17) is 9.47 Å². The van der Waals surface area contributed by atoms with Gasteiger partial charge in [-0.2, -0.15) is 0 Å². The van der Waals surface area contributed by atoms with E-state index in [0.29, 0.717) is 18.9 Å². The van der Waals surface area contributed by atoms with Crippen LogP contribution in [0.25, 0.3) is 0 Å². The van der Waals surface area contributed by atoms with E-state index in [9.17, 15) is 4.79 Å². The smallest absolute Gasteiger partial charge is 0.269 e. The molecule has 6 nitrogen and oxygen atoms in total. The standard InChI is InChI=1S/C15H23N3O3/c1-17(2)14(19)13-5-4-12(16-13)10-18-7-3-6-15(11-18)20-8-9-21-15/h4-5,16H,3,6-11H2,1-2H3. The maximum absolute atomic E-state index is 11.9. The number of rotatable bonds is 3. The molecule has 0 radical (unpaired) electrons. The minimum atomic E-state index is -0.396. The van der Waals surface area contributed by atoms with Crippen molar-refractivity contribution in [2.24, 2.45) is 0 Å². The number of H-pyrrole nitrogens is 1. The molecule has 0 saturated carbocycles. The number of likely N-dealkylation sites (tertiary alicyclic amines) is 1. The number of nitrogens with one attached hydrogen (secondary N) is 1. The Morgan fingerprint density at radius 3 is 2.86 bits per heavy atom. The van der Waals surface area contributed by atoms with Gasteiger partial charge in [0, 0.05) is 32.8 Å². The van der Waals surface area contributed by atoms with Gasteiger partial charge in [-0.05, 0) is 25.1 Å². The normalized spacial score (nSPS) is 21.8. The van der Waals surface area contributed by atoms with Crippen LogP contribution in [0.15, 0.2) is 12.1 Å². The summed E-state index contributed by atoms with van der Waals surface area (Å²) in [5, 5.41) is 0. The number of hydrogen-bond acceptors (Lipinski definition) is 4. The van der Waals surface area contributed by atoms with Crippen LogP contribution < -0.4 is 0 Å². The highest BCUT2D eigenvalue weighted by atomic mass is 16.7. The Kier molecular flexibility index (Phi) is 4.01. The lowest BCUT2D eigenvalue weighted by Crippen LogP contribution is -2.48. The molecule has 2 aliphatic heterocycles. The zero-order valence-corrected chi connectivity index (χ0v) is 12.7. The number of piperidine rings is 1. The third-order valence-corrected chi connectivity index (χ3v) is 4.09. The quantitative estimate of drug-likeness (QED) is 0.905. The molecule has 0 aromatic carbocycles. The zero-order chi connectivity index (χ0) is 14.9. The Labute approximate surface area is 125 Å². The highest BCUT2D eigenvalue weighted by molar-refractivity contribution is 5.92. The molecule has 0 bridgehead atoms. The van der Waals surface area contributed by atoms with Crippen LogP contribution in [0.2, 0.25) is 0 Å². The van der Waals surface area contributed by atoms with E-state index < -0.39 is 5.79 Å². The van der Waals surface area contributed by atoms with Crippen molar-refractivity contribution >= 4 is 5.91 Å². The summed E-state index contributed by atoms with van der Waals surface area (Å²) in [6, 6.07) is 3.83. The molecular formula is C15H23N3O3. The first-order valence-electron chi connectivity index (χ1n) is 7.48. The van der Waals surface area contributed by atoms with Gasteiger partial charge in [-0.25, -0.2) is 0 Å². The average molecular weight is 293 g/mol. The number of carbonyl (C=O) groups is 1. The van der Waals surface area contributed by atoms with Crippen molar-refractivity contribution in [2.45, 2.75) is 25.2 Å². The molecule has 21 heavy (non-hydrogen) atoms. The summed E-state index contributed by atoms with van der Waals surface area (Å²) in [5.41, 5.74) is 1.69. The monoisotopic (exact) mass is 293 g/mol. The van der Waals surface area contributed by atoms with Gasteiger partial charge in [-0.1, -0.05) is 0 Å². The minimum Gasteiger partial charge on any atom is -0.353 e. The van der Waals surface area contributed by atoms with Crippen LogP contribution in [-0.4, -0.2) is 66.9 Å². The Balaban J connectivity index is 1.62. The number of aromatic nitrogens is 1. The summed E-state index contributed by atoms with van der Waals surface area (Å²) < 4.78 is 11.6. The van der Waals surface area contributed by atoms with Crippen molar-refractivity contribution in [3.05, 3.63) is 23.5 Å². The fraction of sp³-hybridized carbons (Fsp3) is 0.667. The number of ether oxygens (including phenoxy) is 2. The molecule has 1 N–H and O–H groups in total. The van der Waals surface area contributed by atoms with Crippen LogP contribution >= 0.6 is 0 Å². The average Bonchev–Trinajstić information content (AvgIpc) is 3.08. The molecule has 2 aliphatic rings. The van der Waals surface area contributed by atoms with E-state index in [2.05, 4.69) is 9.88 Å². The maximum atomic E-state index is 11.9. The molecule has 6 heteroatoms. The summed E-state index contributed by atoms with van der Waals surface area (Å²) in [6.45, 7) is 4.00. The summed E-state index contributed by atoms with van der Waals surface area (Å²) in [7, 11) is 3.51. The topological polar surface area (TPSA) is 57.8 Å². The van der Waals surface area contributed by atoms with E-state index >= 15 is 0 Å². The SMILES string of the molecule is CN(C)C(=O)c1ccc(CN2CCCC3(C2)OCCO3)[nH]1. The number of aromatic amines is 1. The lowest BCUT2D eigenvalue weighted by molar-refractivity contribution is -0.190. The summed E-state index contributed by atoms with van der Waals surface area (Å²) >= 11 is 0. The van der Waals surface area contributed by atoms with Crippen LogP contribution in [0, 0.1) is 0 Å². The first kappa shape index (κ1) is 14.6. The van der Waals surface area contributed by atoms with Crippen molar-refractivity contribution < 1.29 is 14.3 Å². The molecule has 116 valence electrons. The fourth-order valence-electron chi connectivity index (χ4n) is 3.08. The molecular weight excluding hydrogens is 270 g/mol. The molecule has 2 saturated heterocycles. The van der Waals surface area contributed by atoms with E-state index in [-0.39, 0.29) is 5.91 Å². The third kappa shape index (κ3) is 3.12. The van der Waals surface area contributed by atoms with Crippen molar-refractivity contribution in [1.29, 1.82) is 0 Å². The molecule has 3 heterocycles. The van der Waals surface area contributed by atoms with Crippen LogP contribution in [0.4, 0.5) is 0 Å². The lowest BCUT2D eigenvalue weighted by atomic mass is 10.0. The Morgan fingerprint density at radius 1 is 1.38 bits per heavy atom. The Morgan fingerprint density at radius 2 is 2.14 bits per heavy atom. The second-order valence-electron chi connectivity index (χ2n) is 6.02. The van der Waals surface area contributed by atoms with Gasteiger partial charge in [-0.3, -0.25) is 9.69 Å². The first-order chi connectivity index (χ1) is 10.1. The second kappa shape index (κ2) is 5.79. The molecule has 3 rings (SSSR count). The largest absolute Gasteiger partial charge is 0.353 e. The summed E-state index contributed by atoms with van der Waals surface area (Å²) in [5.74, 6) is -0.397. The van der Waals surface area contributed by atoms with E-state index in [1.165, 1.54) is 0 Å². The van der Waals surface area contributed by atoms with Gasteiger partial charge in [-0.15, -0.1) is 0 Å². The maximum Gasteiger partial charge on any atom is 0.269 e. The van der Waals surface area contributed by atoms with Crippen molar-refractivity contribution in [1.82, 2.24) is 14.8 Å². The zero-order valence-electron chi connectivity index (χ0n) is 12.7. The fourth-order valence-corrected chi connectivity index (χ4v) is 3.08.